The standard InChI is InChI=1S/C15H18N4O/c1-11(20)19-7-5-13(10-19)8-12-2-3-14(16-9-12)15-4-6-17-18-15/h2-4,6,9,13H,5,7-8,10H2,1H3,(H,17,18). The molecule has 104 valence electrons. The van der Waals surface area contributed by atoms with E-state index in [9.17, 15) is 4.79 Å². The van der Waals surface area contributed by atoms with E-state index < -0.39 is 0 Å². The molecule has 1 aliphatic rings. The molecule has 1 aliphatic heterocycles. The molecule has 0 spiro atoms. The SMILES string of the molecule is CC(=O)N1CCC(Cc2ccc(-c3ccn[nH]3)nc2)C1. The molecule has 0 saturated carbocycles. The first-order valence-corrected chi connectivity index (χ1v) is 6.92. The quantitative estimate of drug-likeness (QED) is 0.926. The van der Waals surface area contributed by atoms with Crippen LogP contribution in [0.3, 0.4) is 0 Å². The maximum atomic E-state index is 11.3. The largest absolute Gasteiger partial charge is 0.343 e. The number of carbonyl (C=O) groups is 1. The molecule has 1 fully saturated rings. The Bertz CT molecular complexity index is 576. The number of carbonyl (C=O) groups excluding carboxylic acids is 1. The van der Waals surface area contributed by atoms with E-state index in [4.69, 9.17) is 0 Å². The van der Waals surface area contributed by atoms with Gasteiger partial charge < -0.3 is 4.90 Å². The summed E-state index contributed by atoms with van der Waals surface area (Å²) in [4.78, 5) is 17.7. The zero-order valence-electron chi connectivity index (χ0n) is 11.5. The van der Waals surface area contributed by atoms with E-state index in [1.807, 2.05) is 23.2 Å². The number of nitrogens with zero attached hydrogens (tertiary/aromatic N) is 3. The number of likely N-dealkylation sites (tertiary alicyclic amines) is 1. The summed E-state index contributed by atoms with van der Waals surface area (Å²) in [6, 6.07) is 6.03. The van der Waals surface area contributed by atoms with Crippen molar-refractivity contribution in [2.45, 2.75) is 19.8 Å². The Morgan fingerprint density at radius 2 is 2.35 bits per heavy atom. The van der Waals surface area contributed by atoms with Crippen LogP contribution >= 0.6 is 0 Å². The van der Waals surface area contributed by atoms with Gasteiger partial charge in [-0.3, -0.25) is 14.9 Å². The molecule has 1 N–H and O–H groups in total. The van der Waals surface area contributed by atoms with Crippen LogP contribution in [0.4, 0.5) is 0 Å². The van der Waals surface area contributed by atoms with Gasteiger partial charge in [0.25, 0.3) is 0 Å². The van der Waals surface area contributed by atoms with Gasteiger partial charge in [0.15, 0.2) is 0 Å². The monoisotopic (exact) mass is 270 g/mol. The van der Waals surface area contributed by atoms with E-state index in [0.717, 1.165) is 37.3 Å². The Morgan fingerprint density at radius 1 is 1.45 bits per heavy atom. The molecule has 0 radical (unpaired) electrons. The summed E-state index contributed by atoms with van der Waals surface area (Å²) in [5.41, 5.74) is 3.06. The molecule has 1 saturated heterocycles. The fourth-order valence-electron chi connectivity index (χ4n) is 2.72. The van der Waals surface area contributed by atoms with Crippen LogP contribution < -0.4 is 0 Å². The van der Waals surface area contributed by atoms with Crippen LogP contribution in [0.15, 0.2) is 30.6 Å². The minimum absolute atomic E-state index is 0.181. The molecule has 20 heavy (non-hydrogen) atoms. The van der Waals surface area contributed by atoms with Gasteiger partial charge in [0, 0.05) is 32.4 Å². The minimum atomic E-state index is 0.181. The van der Waals surface area contributed by atoms with Crippen molar-refractivity contribution in [3.8, 4) is 11.4 Å². The Morgan fingerprint density at radius 3 is 2.95 bits per heavy atom. The molecular formula is C15H18N4O. The van der Waals surface area contributed by atoms with Gasteiger partial charge in [-0.15, -0.1) is 0 Å². The van der Waals surface area contributed by atoms with E-state index in [-0.39, 0.29) is 5.91 Å². The topological polar surface area (TPSA) is 61.9 Å². The molecule has 2 aromatic rings. The number of aromatic amines is 1. The van der Waals surface area contributed by atoms with Crippen LogP contribution in [-0.4, -0.2) is 39.1 Å². The third kappa shape index (κ3) is 2.71. The zero-order valence-corrected chi connectivity index (χ0v) is 11.5. The van der Waals surface area contributed by atoms with Crippen molar-refractivity contribution in [1.82, 2.24) is 20.1 Å². The number of aromatic nitrogens is 3. The van der Waals surface area contributed by atoms with Gasteiger partial charge in [0.05, 0.1) is 11.4 Å². The average Bonchev–Trinajstić information content (AvgIpc) is 3.10. The van der Waals surface area contributed by atoms with E-state index in [1.54, 1.807) is 13.1 Å². The number of nitrogens with one attached hydrogen (secondary N) is 1. The van der Waals surface area contributed by atoms with Crippen LogP contribution in [0.5, 0.6) is 0 Å². The second-order valence-electron chi connectivity index (χ2n) is 5.35. The van der Waals surface area contributed by atoms with Crippen molar-refractivity contribution in [1.29, 1.82) is 0 Å². The van der Waals surface area contributed by atoms with E-state index in [2.05, 4.69) is 21.2 Å². The summed E-state index contributed by atoms with van der Waals surface area (Å²) in [5.74, 6) is 0.735. The maximum Gasteiger partial charge on any atom is 0.219 e. The molecule has 1 amide bonds. The molecule has 1 atom stereocenters. The normalized spacial score (nSPS) is 18.4. The van der Waals surface area contributed by atoms with Gasteiger partial charge in [-0.1, -0.05) is 6.07 Å². The van der Waals surface area contributed by atoms with Crippen molar-refractivity contribution in [2.75, 3.05) is 13.1 Å². The molecule has 5 nitrogen and oxygen atoms in total. The maximum absolute atomic E-state index is 11.3. The highest BCUT2D eigenvalue weighted by Gasteiger charge is 2.24. The number of hydrogen-bond donors (Lipinski definition) is 1. The second-order valence-corrected chi connectivity index (χ2v) is 5.35. The fraction of sp³-hybridized carbons (Fsp3) is 0.400. The summed E-state index contributed by atoms with van der Waals surface area (Å²) in [5, 5.41) is 6.83. The molecule has 5 heteroatoms. The fourth-order valence-corrected chi connectivity index (χ4v) is 2.72. The van der Waals surface area contributed by atoms with Crippen LogP contribution in [0.25, 0.3) is 11.4 Å². The third-order valence-electron chi connectivity index (χ3n) is 3.86. The summed E-state index contributed by atoms with van der Waals surface area (Å²) in [7, 11) is 0. The van der Waals surface area contributed by atoms with Crippen LogP contribution in [-0.2, 0) is 11.2 Å². The first-order chi connectivity index (χ1) is 9.72. The van der Waals surface area contributed by atoms with Gasteiger partial charge in [-0.2, -0.15) is 5.10 Å². The highest BCUT2D eigenvalue weighted by Crippen LogP contribution is 2.21. The van der Waals surface area contributed by atoms with Crippen molar-refractivity contribution < 1.29 is 4.79 Å². The number of rotatable bonds is 3. The molecule has 0 bridgehead atoms. The van der Waals surface area contributed by atoms with Gasteiger partial charge in [-0.05, 0) is 36.5 Å². The smallest absolute Gasteiger partial charge is 0.219 e. The van der Waals surface area contributed by atoms with Gasteiger partial charge >= 0.3 is 0 Å². The summed E-state index contributed by atoms with van der Waals surface area (Å²) in [6.07, 6.45) is 5.72. The lowest BCUT2D eigenvalue weighted by Gasteiger charge is -2.13. The summed E-state index contributed by atoms with van der Waals surface area (Å²) >= 11 is 0. The molecular weight excluding hydrogens is 252 g/mol. The second kappa shape index (κ2) is 5.45. The third-order valence-corrected chi connectivity index (χ3v) is 3.86. The van der Waals surface area contributed by atoms with Gasteiger partial charge in [0.1, 0.15) is 0 Å². The summed E-state index contributed by atoms with van der Waals surface area (Å²) in [6.45, 7) is 3.40. The molecule has 3 heterocycles. The van der Waals surface area contributed by atoms with E-state index >= 15 is 0 Å². The van der Waals surface area contributed by atoms with Crippen LogP contribution in [0.1, 0.15) is 18.9 Å². The minimum Gasteiger partial charge on any atom is -0.343 e. The van der Waals surface area contributed by atoms with Crippen molar-refractivity contribution in [2.24, 2.45) is 5.92 Å². The van der Waals surface area contributed by atoms with Crippen molar-refractivity contribution >= 4 is 5.91 Å². The Hall–Kier alpha value is -2.17. The van der Waals surface area contributed by atoms with E-state index in [1.165, 1.54) is 5.56 Å². The molecule has 1 unspecified atom stereocenters. The molecule has 0 aliphatic carbocycles. The Balaban J connectivity index is 1.63. The molecule has 2 aromatic heterocycles. The van der Waals surface area contributed by atoms with Crippen molar-refractivity contribution in [3.05, 3.63) is 36.2 Å². The summed E-state index contributed by atoms with van der Waals surface area (Å²) < 4.78 is 0. The van der Waals surface area contributed by atoms with E-state index in [0.29, 0.717) is 5.92 Å². The number of pyridine rings is 1. The number of amides is 1. The van der Waals surface area contributed by atoms with Gasteiger partial charge in [0.2, 0.25) is 5.91 Å². The van der Waals surface area contributed by atoms with Crippen molar-refractivity contribution in [3.63, 3.8) is 0 Å². The number of H-pyrrole nitrogens is 1. The first kappa shape index (κ1) is 12.8. The molecule has 3 rings (SSSR count). The zero-order chi connectivity index (χ0) is 13.9. The first-order valence-electron chi connectivity index (χ1n) is 6.92. The lowest BCUT2D eigenvalue weighted by molar-refractivity contribution is -0.127. The highest BCUT2D eigenvalue weighted by molar-refractivity contribution is 5.73. The van der Waals surface area contributed by atoms with Gasteiger partial charge in [-0.25, -0.2) is 0 Å². The number of hydrogen-bond acceptors (Lipinski definition) is 3. The predicted octanol–water partition coefficient (Wildman–Crippen LogP) is 1.88. The lowest BCUT2D eigenvalue weighted by atomic mass is 10.00. The Kier molecular flexibility index (Phi) is 3.50. The van der Waals surface area contributed by atoms with Crippen LogP contribution in [0, 0.1) is 5.92 Å². The predicted molar refractivity (Wildman–Crippen MR) is 75.9 cm³/mol. The Labute approximate surface area is 118 Å². The van der Waals surface area contributed by atoms with Crippen LogP contribution in [0.2, 0.25) is 0 Å². The molecule has 0 aromatic carbocycles. The lowest BCUT2D eigenvalue weighted by Crippen LogP contribution is -2.26. The average molecular weight is 270 g/mol. The highest BCUT2D eigenvalue weighted by atomic mass is 16.2.